The van der Waals surface area contributed by atoms with Crippen molar-refractivity contribution in [2.45, 2.75) is 32.9 Å². The molecule has 0 bridgehead atoms. The predicted molar refractivity (Wildman–Crippen MR) is 76.5 cm³/mol. The van der Waals surface area contributed by atoms with E-state index in [0.29, 0.717) is 6.61 Å². The maximum atomic E-state index is 12.9. The number of hydrogen-bond acceptors (Lipinski definition) is 3. The Morgan fingerprint density at radius 1 is 1.26 bits per heavy atom. The van der Waals surface area contributed by atoms with Crippen LogP contribution in [0, 0.1) is 5.82 Å². The number of likely N-dealkylation sites (N-methyl/N-ethyl adjacent to an activating group) is 1. The fourth-order valence-corrected chi connectivity index (χ4v) is 2.17. The van der Waals surface area contributed by atoms with E-state index in [0.717, 1.165) is 25.3 Å². The largest absolute Gasteiger partial charge is 0.380 e. The molecule has 4 heteroatoms. The number of halogens is 1. The fourth-order valence-electron chi connectivity index (χ4n) is 2.17. The Labute approximate surface area is 115 Å². The number of benzene rings is 1. The third-order valence-electron chi connectivity index (χ3n) is 3.48. The number of ether oxygens (including phenoxy) is 1. The third kappa shape index (κ3) is 4.90. The molecule has 0 spiro atoms. The summed E-state index contributed by atoms with van der Waals surface area (Å²) in [6.45, 7) is 9.43. The van der Waals surface area contributed by atoms with Crippen LogP contribution in [0.3, 0.4) is 0 Å². The lowest BCUT2D eigenvalue weighted by atomic mass is 10.00. The predicted octanol–water partition coefficient (Wildman–Crippen LogP) is 2.57. The van der Waals surface area contributed by atoms with E-state index in [4.69, 9.17) is 10.5 Å². The van der Waals surface area contributed by atoms with Crippen molar-refractivity contribution >= 4 is 0 Å². The molecule has 0 radical (unpaired) electrons. The summed E-state index contributed by atoms with van der Waals surface area (Å²) in [5.74, 6) is -0.229. The Bertz CT molecular complexity index is 356. The van der Waals surface area contributed by atoms with Gasteiger partial charge < -0.3 is 10.5 Å². The van der Waals surface area contributed by atoms with Crippen LogP contribution in [0.5, 0.6) is 0 Å². The summed E-state index contributed by atoms with van der Waals surface area (Å²) >= 11 is 0. The van der Waals surface area contributed by atoms with Gasteiger partial charge in [-0.1, -0.05) is 19.1 Å². The summed E-state index contributed by atoms with van der Waals surface area (Å²) in [5, 5.41) is 0. The molecule has 0 saturated carbocycles. The molecule has 0 aliphatic heterocycles. The van der Waals surface area contributed by atoms with E-state index in [9.17, 15) is 4.39 Å². The molecule has 0 aliphatic rings. The molecule has 0 aliphatic carbocycles. The lowest BCUT2D eigenvalue weighted by Gasteiger charge is -2.32. The lowest BCUT2D eigenvalue weighted by Crippen LogP contribution is -2.42. The number of nitrogens with two attached hydrogens (primary N) is 1. The number of nitrogens with zero attached hydrogens (tertiary/aromatic N) is 1. The zero-order valence-corrected chi connectivity index (χ0v) is 12.1. The van der Waals surface area contributed by atoms with Crippen molar-refractivity contribution in [2.24, 2.45) is 5.73 Å². The molecule has 0 aromatic heterocycles. The Balaban J connectivity index is 2.62. The summed E-state index contributed by atoms with van der Waals surface area (Å²) in [7, 11) is 0. The van der Waals surface area contributed by atoms with E-state index in [1.165, 1.54) is 12.1 Å². The van der Waals surface area contributed by atoms with Gasteiger partial charge in [-0.25, -0.2) is 4.39 Å². The Morgan fingerprint density at radius 3 is 2.42 bits per heavy atom. The summed E-state index contributed by atoms with van der Waals surface area (Å²) in [6.07, 6.45) is 0. The summed E-state index contributed by atoms with van der Waals surface area (Å²) in [5.41, 5.74) is 7.23. The molecule has 0 amide bonds. The van der Waals surface area contributed by atoms with Crippen LogP contribution in [0.25, 0.3) is 0 Å². The second kappa shape index (κ2) is 8.25. The lowest BCUT2D eigenvalue weighted by molar-refractivity contribution is 0.0940. The van der Waals surface area contributed by atoms with Crippen LogP contribution in [0.4, 0.5) is 4.39 Å². The van der Waals surface area contributed by atoms with Gasteiger partial charge in [0, 0.05) is 25.2 Å². The SMILES string of the molecule is CCOCCN(CC)C(C)C(N)c1ccc(F)cc1. The molecule has 1 aromatic carbocycles. The molecule has 2 atom stereocenters. The fraction of sp³-hybridized carbons (Fsp3) is 0.600. The molecule has 108 valence electrons. The molecule has 1 rings (SSSR count). The van der Waals surface area contributed by atoms with Gasteiger partial charge >= 0.3 is 0 Å². The first-order chi connectivity index (χ1) is 9.10. The number of rotatable bonds is 8. The average Bonchev–Trinajstić information content (AvgIpc) is 2.43. The van der Waals surface area contributed by atoms with Gasteiger partial charge in [-0.05, 0) is 38.1 Å². The molecule has 1 aromatic rings. The highest BCUT2D eigenvalue weighted by Crippen LogP contribution is 2.18. The van der Waals surface area contributed by atoms with Crippen molar-refractivity contribution < 1.29 is 9.13 Å². The van der Waals surface area contributed by atoms with Gasteiger partial charge in [0.2, 0.25) is 0 Å². The maximum absolute atomic E-state index is 12.9. The highest BCUT2D eigenvalue weighted by Gasteiger charge is 2.20. The first-order valence-electron chi connectivity index (χ1n) is 6.93. The minimum absolute atomic E-state index is 0.123. The standard InChI is InChI=1S/C15H25FN2O/c1-4-18(10-11-19-5-2)12(3)15(17)13-6-8-14(16)9-7-13/h6-9,12,15H,4-5,10-11,17H2,1-3H3. The number of hydrogen-bond donors (Lipinski definition) is 1. The van der Waals surface area contributed by atoms with Gasteiger partial charge in [0.15, 0.2) is 0 Å². The van der Waals surface area contributed by atoms with Crippen LogP contribution in [-0.4, -0.2) is 37.2 Å². The van der Waals surface area contributed by atoms with Crippen molar-refractivity contribution in [3.8, 4) is 0 Å². The van der Waals surface area contributed by atoms with Gasteiger partial charge in [0.1, 0.15) is 5.82 Å². The molecule has 2 N–H and O–H groups in total. The summed E-state index contributed by atoms with van der Waals surface area (Å²) in [4.78, 5) is 2.28. The van der Waals surface area contributed by atoms with Crippen LogP contribution >= 0.6 is 0 Å². The van der Waals surface area contributed by atoms with E-state index >= 15 is 0 Å². The van der Waals surface area contributed by atoms with E-state index in [1.54, 1.807) is 12.1 Å². The van der Waals surface area contributed by atoms with E-state index < -0.39 is 0 Å². The van der Waals surface area contributed by atoms with Crippen LogP contribution in [0.2, 0.25) is 0 Å². The van der Waals surface area contributed by atoms with Crippen molar-refractivity contribution in [1.82, 2.24) is 4.90 Å². The normalized spacial score (nSPS) is 14.6. The first kappa shape index (κ1) is 16.1. The van der Waals surface area contributed by atoms with Gasteiger partial charge in [0.25, 0.3) is 0 Å². The summed E-state index contributed by atoms with van der Waals surface area (Å²) in [6, 6.07) is 6.49. The zero-order chi connectivity index (χ0) is 14.3. The molecule has 2 unspecified atom stereocenters. The topological polar surface area (TPSA) is 38.5 Å². The molecule has 0 fully saturated rings. The second-order valence-corrected chi connectivity index (χ2v) is 4.64. The zero-order valence-electron chi connectivity index (χ0n) is 12.1. The Kier molecular flexibility index (Phi) is 6.99. The molecule has 3 nitrogen and oxygen atoms in total. The minimum atomic E-state index is -0.229. The van der Waals surface area contributed by atoms with Gasteiger partial charge in [0.05, 0.1) is 6.61 Å². The third-order valence-corrected chi connectivity index (χ3v) is 3.48. The highest BCUT2D eigenvalue weighted by atomic mass is 19.1. The van der Waals surface area contributed by atoms with Crippen molar-refractivity contribution in [1.29, 1.82) is 0 Å². The second-order valence-electron chi connectivity index (χ2n) is 4.64. The van der Waals surface area contributed by atoms with Crippen molar-refractivity contribution in [3.63, 3.8) is 0 Å². The van der Waals surface area contributed by atoms with E-state index in [1.807, 2.05) is 6.92 Å². The molecule has 19 heavy (non-hydrogen) atoms. The van der Waals surface area contributed by atoms with Crippen molar-refractivity contribution in [3.05, 3.63) is 35.6 Å². The van der Waals surface area contributed by atoms with E-state index in [-0.39, 0.29) is 17.9 Å². The molecular weight excluding hydrogens is 243 g/mol. The van der Waals surface area contributed by atoms with Crippen LogP contribution < -0.4 is 5.73 Å². The van der Waals surface area contributed by atoms with Crippen molar-refractivity contribution in [2.75, 3.05) is 26.3 Å². The molecule has 0 heterocycles. The van der Waals surface area contributed by atoms with Gasteiger partial charge in [-0.15, -0.1) is 0 Å². The van der Waals surface area contributed by atoms with Gasteiger partial charge in [-0.2, -0.15) is 0 Å². The smallest absolute Gasteiger partial charge is 0.123 e. The Hall–Kier alpha value is -0.970. The monoisotopic (exact) mass is 268 g/mol. The summed E-state index contributed by atoms with van der Waals surface area (Å²) < 4.78 is 18.3. The average molecular weight is 268 g/mol. The quantitative estimate of drug-likeness (QED) is 0.736. The van der Waals surface area contributed by atoms with Crippen LogP contribution in [0.15, 0.2) is 24.3 Å². The highest BCUT2D eigenvalue weighted by molar-refractivity contribution is 5.20. The molecular formula is C15H25FN2O. The van der Waals surface area contributed by atoms with Crippen LogP contribution in [-0.2, 0) is 4.74 Å². The Morgan fingerprint density at radius 2 is 1.89 bits per heavy atom. The van der Waals surface area contributed by atoms with Crippen LogP contribution in [0.1, 0.15) is 32.4 Å². The maximum Gasteiger partial charge on any atom is 0.123 e. The van der Waals surface area contributed by atoms with E-state index in [2.05, 4.69) is 18.7 Å². The first-order valence-corrected chi connectivity index (χ1v) is 6.93. The minimum Gasteiger partial charge on any atom is -0.380 e. The molecule has 0 saturated heterocycles. The van der Waals surface area contributed by atoms with Gasteiger partial charge in [-0.3, -0.25) is 4.90 Å².